The van der Waals surface area contributed by atoms with Crippen LogP contribution in [0.4, 0.5) is 11.9 Å². The molecule has 0 radical (unpaired) electrons. The van der Waals surface area contributed by atoms with Crippen LogP contribution in [0, 0.1) is 0 Å². The Kier molecular flexibility index (Phi) is 3.59. The van der Waals surface area contributed by atoms with Gasteiger partial charge in [-0.05, 0) is 31.9 Å². The number of nitrogens with zero attached hydrogens (tertiary/aromatic N) is 4. The van der Waals surface area contributed by atoms with Gasteiger partial charge in [-0.1, -0.05) is 0 Å². The minimum Gasteiger partial charge on any atom is -0.376 e. The van der Waals surface area contributed by atoms with Gasteiger partial charge in [0, 0.05) is 20.7 Å². The molecule has 0 aliphatic carbocycles. The molecule has 0 amide bonds. The number of halogens is 1. The standard InChI is InChI=1S/C11H18ClN5O/c1-7-11(2,5-6-18-7)16-9-13-8(12)14-10(15-9)17(3)4/h7H,5-6H2,1-4H3,(H,13,14,15,16). The Morgan fingerprint density at radius 1 is 1.39 bits per heavy atom. The van der Waals surface area contributed by atoms with Gasteiger partial charge in [0.15, 0.2) is 0 Å². The third-order valence-corrected chi connectivity index (χ3v) is 3.45. The van der Waals surface area contributed by atoms with Crippen LogP contribution in [0.1, 0.15) is 20.3 Å². The molecule has 2 heterocycles. The highest BCUT2D eigenvalue weighted by atomic mass is 35.5. The molecule has 6 nitrogen and oxygen atoms in total. The summed E-state index contributed by atoms with van der Waals surface area (Å²) in [6.45, 7) is 4.87. The lowest BCUT2D eigenvalue weighted by Gasteiger charge is -2.29. The van der Waals surface area contributed by atoms with Crippen LogP contribution in [0.3, 0.4) is 0 Å². The van der Waals surface area contributed by atoms with Crippen molar-refractivity contribution < 1.29 is 4.74 Å². The molecule has 0 bridgehead atoms. The Morgan fingerprint density at radius 3 is 2.67 bits per heavy atom. The molecule has 1 aliphatic heterocycles. The summed E-state index contributed by atoms with van der Waals surface area (Å²) in [6.07, 6.45) is 1.02. The molecule has 2 atom stereocenters. The highest BCUT2D eigenvalue weighted by Gasteiger charge is 2.37. The van der Waals surface area contributed by atoms with Crippen LogP contribution in [-0.2, 0) is 4.74 Å². The first-order valence-electron chi connectivity index (χ1n) is 5.89. The van der Waals surface area contributed by atoms with Gasteiger partial charge in [-0.3, -0.25) is 0 Å². The molecule has 1 aromatic rings. The molecular formula is C11H18ClN5O. The maximum Gasteiger partial charge on any atom is 0.230 e. The summed E-state index contributed by atoms with van der Waals surface area (Å²) in [5.74, 6) is 1.02. The van der Waals surface area contributed by atoms with Crippen molar-refractivity contribution in [1.29, 1.82) is 0 Å². The summed E-state index contributed by atoms with van der Waals surface area (Å²) >= 11 is 5.90. The fourth-order valence-corrected chi connectivity index (χ4v) is 2.01. The van der Waals surface area contributed by atoms with Gasteiger partial charge < -0.3 is 15.0 Å². The van der Waals surface area contributed by atoms with Crippen molar-refractivity contribution in [3.05, 3.63) is 5.28 Å². The average molecular weight is 272 g/mol. The number of ether oxygens (including phenoxy) is 1. The lowest BCUT2D eigenvalue weighted by Crippen LogP contribution is -2.41. The van der Waals surface area contributed by atoms with E-state index in [1.807, 2.05) is 21.0 Å². The van der Waals surface area contributed by atoms with E-state index in [-0.39, 0.29) is 16.9 Å². The zero-order valence-electron chi connectivity index (χ0n) is 11.1. The monoisotopic (exact) mass is 271 g/mol. The fourth-order valence-electron chi connectivity index (χ4n) is 1.85. The molecule has 0 saturated carbocycles. The van der Waals surface area contributed by atoms with Crippen LogP contribution in [-0.4, -0.2) is 47.3 Å². The molecule has 1 saturated heterocycles. The number of hydrogen-bond acceptors (Lipinski definition) is 6. The first-order valence-corrected chi connectivity index (χ1v) is 6.27. The SMILES string of the molecule is CC1OCCC1(C)Nc1nc(Cl)nc(N(C)C)n1. The normalized spacial score (nSPS) is 27.3. The van der Waals surface area contributed by atoms with E-state index in [0.29, 0.717) is 11.9 Å². The van der Waals surface area contributed by atoms with Crippen molar-refractivity contribution in [3.8, 4) is 0 Å². The third-order valence-electron chi connectivity index (χ3n) is 3.28. The number of hydrogen-bond donors (Lipinski definition) is 1. The molecule has 7 heteroatoms. The minimum absolute atomic E-state index is 0.107. The van der Waals surface area contributed by atoms with Crippen LogP contribution < -0.4 is 10.2 Å². The number of aromatic nitrogens is 3. The van der Waals surface area contributed by atoms with E-state index in [2.05, 4.69) is 27.2 Å². The second kappa shape index (κ2) is 4.85. The molecule has 1 fully saturated rings. The lowest BCUT2D eigenvalue weighted by molar-refractivity contribution is 0.105. The van der Waals surface area contributed by atoms with Gasteiger partial charge in [-0.15, -0.1) is 0 Å². The Labute approximate surface area is 112 Å². The van der Waals surface area contributed by atoms with E-state index in [1.54, 1.807) is 4.90 Å². The molecule has 2 unspecified atom stereocenters. The molecule has 0 spiro atoms. The first kappa shape index (κ1) is 13.3. The second-order valence-electron chi connectivity index (χ2n) is 4.93. The Balaban J connectivity index is 2.23. The van der Waals surface area contributed by atoms with Crippen LogP contribution in [0.2, 0.25) is 5.28 Å². The second-order valence-corrected chi connectivity index (χ2v) is 5.27. The van der Waals surface area contributed by atoms with Gasteiger partial charge in [0.25, 0.3) is 0 Å². The van der Waals surface area contributed by atoms with E-state index in [0.717, 1.165) is 13.0 Å². The van der Waals surface area contributed by atoms with E-state index < -0.39 is 0 Å². The van der Waals surface area contributed by atoms with Gasteiger partial charge in [0.1, 0.15) is 0 Å². The van der Waals surface area contributed by atoms with Gasteiger partial charge in [-0.2, -0.15) is 15.0 Å². The zero-order valence-corrected chi connectivity index (χ0v) is 11.8. The summed E-state index contributed by atoms with van der Waals surface area (Å²) in [5, 5.41) is 3.49. The van der Waals surface area contributed by atoms with E-state index in [4.69, 9.17) is 16.3 Å². The topological polar surface area (TPSA) is 63.2 Å². The Bertz CT molecular complexity index is 441. The van der Waals surface area contributed by atoms with Crippen molar-refractivity contribution in [3.63, 3.8) is 0 Å². The lowest BCUT2D eigenvalue weighted by atomic mass is 9.95. The quantitative estimate of drug-likeness (QED) is 0.900. The van der Waals surface area contributed by atoms with Crippen LogP contribution in [0.15, 0.2) is 0 Å². The molecule has 0 aromatic carbocycles. The third kappa shape index (κ3) is 2.64. The Morgan fingerprint density at radius 2 is 2.11 bits per heavy atom. The summed E-state index contributed by atoms with van der Waals surface area (Å²) in [5.41, 5.74) is -0.172. The van der Waals surface area contributed by atoms with Crippen molar-refractivity contribution in [1.82, 2.24) is 15.0 Å². The smallest absolute Gasteiger partial charge is 0.230 e. The maximum atomic E-state index is 5.90. The van der Waals surface area contributed by atoms with Crippen molar-refractivity contribution in [2.75, 3.05) is 30.9 Å². The number of anilines is 2. The van der Waals surface area contributed by atoms with Gasteiger partial charge in [0.05, 0.1) is 11.6 Å². The molecular weight excluding hydrogens is 254 g/mol. The molecule has 1 aromatic heterocycles. The predicted octanol–water partition coefficient (Wildman–Crippen LogP) is 1.57. The highest BCUT2D eigenvalue weighted by Crippen LogP contribution is 2.28. The number of nitrogens with one attached hydrogen (secondary N) is 1. The van der Waals surface area contributed by atoms with Crippen LogP contribution >= 0.6 is 11.6 Å². The first-order chi connectivity index (χ1) is 8.40. The molecule has 2 rings (SSSR count). The zero-order chi connectivity index (χ0) is 13.3. The molecule has 18 heavy (non-hydrogen) atoms. The van der Waals surface area contributed by atoms with Crippen molar-refractivity contribution in [2.45, 2.75) is 31.9 Å². The largest absolute Gasteiger partial charge is 0.376 e. The summed E-state index contributed by atoms with van der Waals surface area (Å²) < 4.78 is 5.57. The van der Waals surface area contributed by atoms with Crippen molar-refractivity contribution in [2.24, 2.45) is 0 Å². The minimum atomic E-state index is -0.172. The van der Waals surface area contributed by atoms with E-state index in [9.17, 15) is 0 Å². The Hall–Kier alpha value is -1.14. The van der Waals surface area contributed by atoms with Crippen LogP contribution in [0.25, 0.3) is 0 Å². The maximum absolute atomic E-state index is 5.90. The summed E-state index contributed by atoms with van der Waals surface area (Å²) in [4.78, 5) is 14.3. The summed E-state index contributed by atoms with van der Waals surface area (Å²) in [7, 11) is 3.72. The molecule has 100 valence electrons. The summed E-state index contributed by atoms with van der Waals surface area (Å²) in [6, 6.07) is 0. The van der Waals surface area contributed by atoms with Crippen LogP contribution in [0.5, 0.6) is 0 Å². The fraction of sp³-hybridized carbons (Fsp3) is 0.727. The van der Waals surface area contributed by atoms with Gasteiger partial charge in [-0.25, -0.2) is 0 Å². The van der Waals surface area contributed by atoms with Crippen molar-refractivity contribution >= 4 is 23.5 Å². The average Bonchev–Trinajstić information content (AvgIpc) is 2.58. The highest BCUT2D eigenvalue weighted by molar-refractivity contribution is 6.28. The van der Waals surface area contributed by atoms with Gasteiger partial charge in [0.2, 0.25) is 17.2 Å². The van der Waals surface area contributed by atoms with E-state index >= 15 is 0 Å². The van der Waals surface area contributed by atoms with E-state index in [1.165, 1.54) is 0 Å². The number of rotatable bonds is 3. The predicted molar refractivity (Wildman–Crippen MR) is 71.2 cm³/mol. The molecule has 1 N–H and O–H groups in total. The van der Waals surface area contributed by atoms with Gasteiger partial charge >= 0.3 is 0 Å². The molecule has 1 aliphatic rings.